The number of para-hydroxylation sites is 1. The number of carbonyl (C=O) groups is 1. The Bertz CT molecular complexity index is 442. The molecular formula is C15H21N3O2. The second-order valence-electron chi connectivity index (χ2n) is 4.48. The van der Waals surface area contributed by atoms with E-state index in [2.05, 4.69) is 6.07 Å². The van der Waals surface area contributed by atoms with Crippen LogP contribution in [0.2, 0.25) is 0 Å². The number of ether oxygens (including phenoxy) is 1. The number of methoxy groups -OCH3 is 1. The topological polar surface area (TPSA) is 79.3 Å². The van der Waals surface area contributed by atoms with Crippen LogP contribution in [0.5, 0.6) is 0 Å². The maximum atomic E-state index is 12.4. The van der Waals surface area contributed by atoms with Crippen LogP contribution in [0.3, 0.4) is 0 Å². The van der Waals surface area contributed by atoms with Gasteiger partial charge in [0, 0.05) is 25.9 Å². The highest BCUT2D eigenvalue weighted by Crippen LogP contribution is 2.15. The van der Waals surface area contributed by atoms with Crippen molar-refractivity contribution in [2.24, 2.45) is 5.73 Å². The first-order valence-electron chi connectivity index (χ1n) is 6.68. The molecule has 0 heterocycles. The number of nitriles is 1. The van der Waals surface area contributed by atoms with Crippen LogP contribution in [0.1, 0.15) is 19.3 Å². The molecule has 0 aliphatic rings. The predicted octanol–water partition coefficient (Wildman–Crippen LogP) is 1.69. The van der Waals surface area contributed by atoms with E-state index in [4.69, 9.17) is 15.7 Å². The zero-order chi connectivity index (χ0) is 14.8. The van der Waals surface area contributed by atoms with Gasteiger partial charge >= 0.3 is 0 Å². The SMILES string of the molecule is COCCCC(N)C(=O)N(CCC#N)c1ccccc1. The highest BCUT2D eigenvalue weighted by atomic mass is 16.5. The molecule has 0 bridgehead atoms. The van der Waals surface area contributed by atoms with Crippen molar-refractivity contribution in [1.82, 2.24) is 0 Å². The number of amides is 1. The number of hydrogen-bond donors (Lipinski definition) is 1. The fourth-order valence-electron chi connectivity index (χ4n) is 1.91. The Labute approximate surface area is 119 Å². The molecule has 108 valence electrons. The van der Waals surface area contributed by atoms with Crippen LogP contribution in [0, 0.1) is 11.3 Å². The van der Waals surface area contributed by atoms with Gasteiger partial charge in [-0.25, -0.2) is 0 Å². The predicted molar refractivity (Wildman–Crippen MR) is 78.1 cm³/mol. The van der Waals surface area contributed by atoms with Gasteiger partial charge in [0.2, 0.25) is 5.91 Å². The highest BCUT2D eigenvalue weighted by molar-refractivity contribution is 5.97. The summed E-state index contributed by atoms with van der Waals surface area (Å²) >= 11 is 0. The standard InChI is InChI=1S/C15H21N3O2/c1-20-12-5-9-14(17)15(19)18(11-6-10-16)13-7-3-2-4-8-13/h2-4,7-8,14H,5-6,9,11-12,17H2,1H3. The lowest BCUT2D eigenvalue weighted by molar-refractivity contribution is -0.120. The van der Waals surface area contributed by atoms with Crippen LogP contribution in [0.25, 0.3) is 0 Å². The van der Waals surface area contributed by atoms with Gasteiger partial charge < -0.3 is 15.4 Å². The molecule has 5 heteroatoms. The van der Waals surface area contributed by atoms with Gasteiger partial charge in [-0.2, -0.15) is 5.26 Å². The third-order valence-corrected chi connectivity index (χ3v) is 2.96. The summed E-state index contributed by atoms with van der Waals surface area (Å²) in [7, 11) is 1.62. The molecule has 5 nitrogen and oxygen atoms in total. The molecule has 0 aliphatic carbocycles. The second kappa shape index (κ2) is 9.08. The maximum absolute atomic E-state index is 12.4. The number of benzene rings is 1. The molecule has 1 atom stereocenters. The molecule has 0 spiro atoms. The molecule has 1 rings (SSSR count). The van der Waals surface area contributed by atoms with Crippen LogP contribution >= 0.6 is 0 Å². The van der Waals surface area contributed by atoms with Gasteiger partial charge in [-0.3, -0.25) is 4.79 Å². The normalized spacial score (nSPS) is 11.7. The Morgan fingerprint density at radius 2 is 2.15 bits per heavy atom. The van der Waals surface area contributed by atoms with Crippen molar-refractivity contribution in [1.29, 1.82) is 5.26 Å². The van der Waals surface area contributed by atoms with E-state index in [1.165, 1.54) is 0 Å². The quantitative estimate of drug-likeness (QED) is 0.732. The van der Waals surface area contributed by atoms with E-state index in [0.717, 1.165) is 12.1 Å². The Kier molecular flexibility index (Phi) is 7.33. The molecule has 1 aromatic rings. The molecule has 0 aliphatic heterocycles. The van der Waals surface area contributed by atoms with Gasteiger partial charge in [0.1, 0.15) is 0 Å². The summed E-state index contributed by atoms with van der Waals surface area (Å²) in [5.41, 5.74) is 6.71. The fraction of sp³-hybridized carbons (Fsp3) is 0.467. The van der Waals surface area contributed by atoms with Gasteiger partial charge in [0.15, 0.2) is 0 Å². The molecular weight excluding hydrogens is 254 g/mol. The molecule has 0 saturated carbocycles. The maximum Gasteiger partial charge on any atom is 0.243 e. The summed E-state index contributed by atoms with van der Waals surface area (Å²) < 4.78 is 4.96. The largest absolute Gasteiger partial charge is 0.385 e. The van der Waals surface area contributed by atoms with Crippen molar-refractivity contribution in [3.63, 3.8) is 0 Å². The summed E-state index contributed by atoms with van der Waals surface area (Å²) in [6, 6.07) is 10.8. The van der Waals surface area contributed by atoms with E-state index in [1.54, 1.807) is 12.0 Å². The van der Waals surface area contributed by atoms with Crippen LogP contribution in [0.15, 0.2) is 30.3 Å². The molecule has 2 N–H and O–H groups in total. The summed E-state index contributed by atoms with van der Waals surface area (Å²) in [6.45, 7) is 0.946. The van der Waals surface area contributed by atoms with Crippen molar-refractivity contribution in [3.8, 4) is 6.07 Å². The van der Waals surface area contributed by atoms with E-state index in [0.29, 0.717) is 19.6 Å². The average Bonchev–Trinajstić information content (AvgIpc) is 2.48. The number of rotatable bonds is 8. The minimum absolute atomic E-state index is 0.150. The lowest BCUT2D eigenvalue weighted by Crippen LogP contribution is -2.44. The zero-order valence-corrected chi connectivity index (χ0v) is 11.8. The summed E-state index contributed by atoms with van der Waals surface area (Å²) in [4.78, 5) is 14.0. The zero-order valence-electron chi connectivity index (χ0n) is 11.8. The molecule has 1 unspecified atom stereocenters. The van der Waals surface area contributed by atoms with Crippen molar-refractivity contribution in [3.05, 3.63) is 30.3 Å². The Hall–Kier alpha value is -1.90. The Morgan fingerprint density at radius 3 is 2.75 bits per heavy atom. The number of carbonyl (C=O) groups excluding carboxylic acids is 1. The molecule has 0 saturated heterocycles. The van der Waals surface area contributed by atoms with Gasteiger partial charge in [-0.05, 0) is 25.0 Å². The van der Waals surface area contributed by atoms with Gasteiger partial charge in [0.25, 0.3) is 0 Å². The van der Waals surface area contributed by atoms with Crippen molar-refractivity contribution >= 4 is 11.6 Å². The number of hydrogen-bond acceptors (Lipinski definition) is 4. The smallest absolute Gasteiger partial charge is 0.243 e. The first-order valence-corrected chi connectivity index (χ1v) is 6.68. The van der Waals surface area contributed by atoms with Crippen LogP contribution in [0.4, 0.5) is 5.69 Å². The summed E-state index contributed by atoms with van der Waals surface area (Å²) in [5, 5.41) is 8.72. The molecule has 20 heavy (non-hydrogen) atoms. The third kappa shape index (κ3) is 5.00. The van der Waals surface area contributed by atoms with Crippen LogP contribution < -0.4 is 10.6 Å². The molecule has 0 fully saturated rings. The van der Waals surface area contributed by atoms with E-state index in [9.17, 15) is 4.79 Å². The fourth-order valence-corrected chi connectivity index (χ4v) is 1.91. The molecule has 1 amide bonds. The van der Waals surface area contributed by atoms with Crippen molar-refractivity contribution in [2.45, 2.75) is 25.3 Å². The molecule has 0 aromatic heterocycles. The second-order valence-corrected chi connectivity index (χ2v) is 4.48. The van der Waals surface area contributed by atoms with E-state index in [1.807, 2.05) is 30.3 Å². The Balaban J connectivity index is 2.72. The van der Waals surface area contributed by atoms with Crippen molar-refractivity contribution < 1.29 is 9.53 Å². The average molecular weight is 275 g/mol. The highest BCUT2D eigenvalue weighted by Gasteiger charge is 2.21. The van der Waals surface area contributed by atoms with Crippen LogP contribution in [-0.4, -0.2) is 32.2 Å². The minimum Gasteiger partial charge on any atom is -0.385 e. The van der Waals surface area contributed by atoms with E-state index < -0.39 is 6.04 Å². The molecule has 1 aromatic carbocycles. The van der Waals surface area contributed by atoms with E-state index in [-0.39, 0.29) is 12.3 Å². The first-order chi connectivity index (χ1) is 9.70. The molecule has 0 radical (unpaired) electrons. The summed E-state index contributed by atoms with van der Waals surface area (Å²) in [5.74, 6) is -0.150. The number of nitrogens with two attached hydrogens (primary N) is 1. The first kappa shape index (κ1) is 16.2. The summed E-state index contributed by atoms with van der Waals surface area (Å²) in [6.07, 6.45) is 1.60. The lowest BCUT2D eigenvalue weighted by Gasteiger charge is -2.25. The van der Waals surface area contributed by atoms with Crippen molar-refractivity contribution in [2.75, 3.05) is 25.2 Å². The van der Waals surface area contributed by atoms with E-state index >= 15 is 0 Å². The number of nitrogens with zero attached hydrogens (tertiary/aromatic N) is 2. The third-order valence-electron chi connectivity index (χ3n) is 2.96. The number of anilines is 1. The van der Waals surface area contributed by atoms with Gasteiger partial charge in [-0.15, -0.1) is 0 Å². The lowest BCUT2D eigenvalue weighted by atomic mass is 10.1. The monoisotopic (exact) mass is 275 g/mol. The van der Waals surface area contributed by atoms with Crippen LogP contribution in [-0.2, 0) is 9.53 Å². The van der Waals surface area contributed by atoms with Gasteiger partial charge in [-0.1, -0.05) is 18.2 Å². The Morgan fingerprint density at radius 1 is 1.45 bits per heavy atom. The van der Waals surface area contributed by atoms with Gasteiger partial charge in [0.05, 0.1) is 18.5 Å². The minimum atomic E-state index is -0.566.